The van der Waals surface area contributed by atoms with E-state index in [1.807, 2.05) is 0 Å². The largest absolute Gasteiger partial charge is 0.400 e. The minimum Gasteiger partial charge on any atom is -0.400 e. The smallest absolute Gasteiger partial charge is 0.0510 e. The maximum atomic E-state index is 7.00. The van der Waals surface area contributed by atoms with E-state index in [1.54, 1.807) is 7.11 Å². The van der Waals surface area contributed by atoms with Gasteiger partial charge in [-0.3, -0.25) is 0 Å². The van der Waals surface area contributed by atoms with E-state index in [4.69, 9.17) is 9.84 Å². The van der Waals surface area contributed by atoms with Crippen LogP contribution >= 0.6 is 0 Å². The summed E-state index contributed by atoms with van der Waals surface area (Å²) in [5.41, 5.74) is 0.328. The summed E-state index contributed by atoms with van der Waals surface area (Å²) >= 11 is 0. The third kappa shape index (κ3) is 18.1. The summed E-state index contributed by atoms with van der Waals surface area (Å²) in [4.78, 5) is 0. The van der Waals surface area contributed by atoms with Gasteiger partial charge in [0.25, 0.3) is 0 Å². The zero-order valence-electron chi connectivity index (χ0n) is 7.06. The molecule has 2 heteroatoms. The average molecular weight is 134 g/mol. The van der Waals surface area contributed by atoms with E-state index in [9.17, 15) is 0 Å². The van der Waals surface area contributed by atoms with Crippen molar-refractivity contribution in [2.75, 3.05) is 20.8 Å². The molecule has 9 heavy (non-hydrogen) atoms. The summed E-state index contributed by atoms with van der Waals surface area (Å²) in [5, 5.41) is 7.00. The normalized spacial score (nSPS) is 10.0. The van der Waals surface area contributed by atoms with Gasteiger partial charge in [-0.15, -0.1) is 0 Å². The standard InChI is InChI=1S/C6H14O.CH4O/c1-6(2,3)5-7-4;1-2/h5H2,1-4H3;2H,1H3. The van der Waals surface area contributed by atoms with Crippen molar-refractivity contribution in [1.29, 1.82) is 0 Å². The molecule has 0 aliphatic carbocycles. The highest BCUT2D eigenvalue weighted by Crippen LogP contribution is 2.11. The van der Waals surface area contributed by atoms with Crippen LogP contribution in [0, 0.1) is 5.41 Å². The highest BCUT2D eigenvalue weighted by Gasteiger charge is 2.07. The van der Waals surface area contributed by atoms with Gasteiger partial charge in [0.1, 0.15) is 0 Å². The molecule has 0 bridgehead atoms. The van der Waals surface area contributed by atoms with Crippen molar-refractivity contribution in [3.63, 3.8) is 0 Å². The fraction of sp³-hybridized carbons (Fsp3) is 1.00. The average Bonchev–Trinajstić information content (AvgIpc) is 1.69. The van der Waals surface area contributed by atoms with Crippen LogP contribution in [-0.2, 0) is 4.74 Å². The molecule has 0 aliphatic rings. The van der Waals surface area contributed by atoms with Gasteiger partial charge >= 0.3 is 0 Å². The van der Waals surface area contributed by atoms with Gasteiger partial charge in [-0.05, 0) is 5.41 Å². The molecule has 0 aliphatic heterocycles. The van der Waals surface area contributed by atoms with Crippen LogP contribution in [0.2, 0.25) is 0 Å². The summed E-state index contributed by atoms with van der Waals surface area (Å²) in [6.07, 6.45) is 0. The molecule has 1 N–H and O–H groups in total. The second-order valence-electron chi connectivity index (χ2n) is 2.99. The Labute approximate surface area is 57.8 Å². The van der Waals surface area contributed by atoms with Crippen molar-refractivity contribution in [2.24, 2.45) is 5.41 Å². The van der Waals surface area contributed by atoms with E-state index in [-0.39, 0.29) is 0 Å². The van der Waals surface area contributed by atoms with Crippen molar-refractivity contribution in [3.8, 4) is 0 Å². The van der Waals surface area contributed by atoms with Crippen LogP contribution in [0.25, 0.3) is 0 Å². The lowest BCUT2D eigenvalue weighted by atomic mass is 9.99. The van der Waals surface area contributed by atoms with Crippen LogP contribution in [0.5, 0.6) is 0 Å². The second-order valence-corrected chi connectivity index (χ2v) is 2.99. The van der Waals surface area contributed by atoms with E-state index in [1.165, 1.54) is 0 Å². The first-order chi connectivity index (χ1) is 4.06. The minimum absolute atomic E-state index is 0.328. The van der Waals surface area contributed by atoms with Crippen molar-refractivity contribution >= 4 is 0 Å². The molecule has 0 amide bonds. The Hall–Kier alpha value is -0.0800. The van der Waals surface area contributed by atoms with Gasteiger partial charge in [0, 0.05) is 14.2 Å². The van der Waals surface area contributed by atoms with Crippen molar-refractivity contribution in [2.45, 2.75) is 20.8 Å². The van der Waals surface area contributed by atoms with Crippen LogP contribution in [0.1, 0.15) is 20.8 Å². The number of aliphatic hydroxyl groups is 1. The Morgan fingerprint density at radius 1 is 1.22 bits per heavy atom. The summed E-state index contributed by atoms with van der Waals surface area (Å²) in [6.45, 7) is 7.29. The van der Waals surface area contributed by atoms with Gasteiger partial charge in [-0.2, -0.15) is 0 Å². The minimum atomic E-state index is 0.328. The van der Waals surface area contributed by atoms with Crippen LogP contribution in [0.4, 0.5) is 0 Å². The summed E-state index contributed by atoms with van der Waals surface area (Å²) in [7, 11) is 2.73. The molecule has 0 aromatic heterocycles. The van der Waals surface area contributed by atoms with Crippen LogP contribution in [0.3, 0.4) is 0 Å². The first kappa shape index (κ1) is 11.7. The number of rotatable bonds is 1. The molecular formula is C7H18O2. The fourth-order valence-corrected chi connectivity index (χ4v) is 0.433. The van der Waals surface area contributed by atoms with E-state index in [0.717, 1.165) is 13.7 Å². The first-order valence-corrected chi connectivity index (χ1v) is 3.00. The summed E-state index contributed by atoms with van der Waals surface area (Å²) in [5.74, 6) is 0. The Morgan fingerprint density at radius 3 is 1.56 bits per heavy atom. The van der Waals surface area contributed by atoms with Gasteiger partial charge in [-0.25, -0.2) is 0 Å². The highest BCUT2D eigenvalue weighted by molar-refractivity contribution is 4.57. The fourth-order valence-electron chi connectivity index (χ4n) is 0.433. The lowest BCUT2D eigenvalue weighted by Gasteiger charge is -2.15. The molecule has 2 nitrogen and oxygen atoms in total. The molecule has 0 aromatic rings. The molecule has 0 heterocycles. The molecular weight excluding hydrogens is 116 g/mol. The monoisotopic (exact) mass is 134 g/mol. The third-order valence-corrected chi connectivity index (χ3v) is 0.577. The number of aliphatic hydroxyl groups excluding tert-OH is 1. The molecule has 0 saturated carbocycles. The molecule has 0 saturated heterocycles. The van der Waals surface area contributed by atoms with Crippen molar-refractivity contribution in [3.05, 3.63) is 0 Å². The van der Waals surface area contributed by atoms with Gasteiger partial charge in [-0.1, -0.05) is 20.8 Å². The number of hydrogen-bond acceptors (Lipinski definition) is 2. The highest BCUT2D eigenvalue weighted by atomic mass is 16.5. The Balaban J connectivity index is 0. The van der Waals surface area contributed by atoms with Crippen LogP contribution in [0.15, 0.2) is 0 Å². The summed E-state index contributed by atoms with van der Waals surface area (Å²) in [6, 6.07) is 0. The second kappa shape index (κ2) is 6.05. The van der Waals surface area contributed by atoms with Gasteiger partial charge in [0.05, 0.1) is 6.61 Å². The summed E-state index contributed by atoms with van der Waals surface area (Å²) < 4.78 is 4.91. The topological polar surface area (TPSA) is 29.5 Å². The molecule has 0 rings (SSSR count). The van der Waals surface area contributed by atoms with Gasteiger partial charge in [0.2, 0.25) is 0 Å². The lowest BCUT2D eigenvalue weighted by molar-refractivity contribution is 0.116. The maximum absolute atomic E-state index is 7.00. The Bertz CT molecular complexity index is 45.4. The third-order valence-electron chi connectivity index (χ3n) is 0.577. The van der Waals surface area contributed by atoms with Gasteiger partial charge < -0.3 is 9.84 Å². The predicted molar refractivity (Wildman–Crippen MR) is 39.5 cm³/mol. The molecule has 0 atom stereocenters. The van der Waals surface area contributed by atoms with E-state index in [2.05, 4.69) is 20.8 Å². The first-order valence-electron chi connectivity index (χ1n) is 3.00. The maximum Gasteiger partial charge on any atom is 0.0510 e. The van der Waals surface area contributed by atoms with Crippen LogP contribution in [-0.4, -0.2) is 25.9 Å². The van der Waals surface area contributed by atoms with E-state index >= 15 is 0 Å². The molecule has 58 valence electrons. The van der Waals surface area contributed by atoms with Crippen molar-refractivity contribution in [1.82, 2.24) is 0 Å². The molecule has 0 unspecified atom stereocenters. The Morgan fingerprint density at radius 2 is 1.56 bits per heavy atom. The lowest BCUT2D eigenvalue weighted by Crippen LogP contribution is -2.12. The molecule has 0 fully saturated rings. The SMILES string of the molecule is CO.COCC(C)(C)C. The number of ether oxygens (including phenoxy) is 1. The molecule has 0 spiro atoms. The molecule has 0 aromatic carbocycles. The van der Waals surface area contributed by atoms with Gasteiger partial charge in [0.15, 0.2) is 0 Å². The Kier molecular flexibility index (Phi) is 7.85. The number of methoxy groups -OCH3 is 1. The van der Waals surface area contributed by atoms with E-state index in [0.29, 0.717) is 5.41 Å². The zero-order valence-corrected chi connectivity index (χ0v) is 7.06. The van der Waals surface area contributed by atoms with Crippen LogP contribution < -0.4 is 0 Å². The van der Waals surface area contributed by atoms with Crippen molar-refractivity contribution < 1.29 is 9.84 Å². The zero-order chi connectivity index (χ0) is 7.91. The van der Waals surface area contributed by atoms with E-state index < -0.39 is 0 Å². The predicted octanol–water partition coefficient (Wildman–Crippen LogP) is 1.29. The molecule has 0 radical (unpaired) electrons. The number of hydrogen-bond donors (Lipinski definition) is 1. The quantitative estimate of drug-likeness (QED) is 0.585.